The van der Waals surface area contributed by atoms with Gasteiger partial charge in [-0.1, -0.05) is 18.2 Å². The van der Waals surface area contributed by atoms with Crippen LogP contribution in [-0.4, -0.2) is 19.1 Å². The molecule has 0 radical (unpaired) electrons. The molecule has 2 N–H and O–H groups in total. The highest BCUT2D eigenvalue weighted by molar-refractivity contribution is 5.54. The normalized spacial score (nSPS) is 17.8. The first-order valence-electron chi connectivity index (χ1n) is 6.36. The summed E-state index contributed by atoms with van der Waals surface area (Å²) in [4.78, 5) is 2.51. The summed E-state index contributed by atoms with van der Waals surface area (Å²) >= 11 is 0. The average Bonchev–Trinajstić information content (AvgIpc) is 2.80. The summed E-state index contributed by atoms with van der Waals surface area (Å²) in [6.07, 6.45) is 4.85. The minimum Gasteiger partial charge on any atom is -0.371 e. The molecule has 0 aliphatic carbocycles. The molecule has 1 fully saturated rings. The SMILES string of the molecule is C[C@H](N)CCc1ccccc1N1CCCC1. The predicted molar refractivity (Wildman–Crippen MR) is 69.9 cm³/mol. The molecule has 0 saturated carbocycles. The van der Waals surface area contributed by atoms with Gasteiger partial charge in [-0.25, -0.2) is 0 Å². The van der Waals surface area contributed by atoms with Gasteiger partial charge in [-0.05, 0) is 44.2 Å². The molecule has 1 saturated heterocycles. The van der Waals surface area contributed by atoms with Crippen LogP contribution >= 0.6 is 0 Å². The topological polar surface area (TPSA) is 29.3 Å². The maximum atomic E-state index is 5.83. The molecule has 1 heterocycles. The number of hydrogen-bond acceptors (Lipinski definition) is 2. The number of anilines is 1. The Morgan fingerprint density at radius 2 is 1.94 bits per heavy atom. The summed E-state index contributed by atoms with van der Waals surface area (Å²) in [5, 5.41) is 0. The molecule has 1 atom stereocenters. The molecule has 0 bridgehead atoms. The van der Waals surface area contributed by atoms with Crippen molar-refractivity contribution < 1.29 is 0 Å². The van der Waals surface area contributed by atoms with Gasteiger partial charge >= 0.3 is 0 Å². The second-order valence-corrected chi connectivity index (χ2v) is 4.84. The van der Waals surface area contributed by atoms with Crippen molar-refractivity contribution in [2.24, 2.45) is 5.73 Å². The molecular formula is C14H22N2. The first kappa shape index (κ1) is 11.5. The highest BCUT2D eigenvalue weighted by Crippen LogP contribution is 2.25. The van der Waals surface area contributed by atoms with Gasteiger partial charge in [0.1, 0.15) is 0 Å². The molecule has 16 heavy (non-hydrogen) atoms. The van der Waals surface area contributed by atoms with Crippen molar-refractivity contribution in [2.45, 2.75) is 38.6 Å². The van der Waals surface area contributed by atoms with Gasteiger partial charge in [-0.2, -0.15) is 0 Å². The van der Waals surface area contributed by atoms with Crippen molar-refractivity contribution in [2.75, 3.05) is 18.0 Å². The van der Waals surface area contributed by atoms with Crippen LogP contribution in [-0.2, 0) is 6.42 Å². The van der Waals surface area contributed by atoms with E-state index in [-0.39, 0.29) is 0 Å². The van der Waals surface area contributed by atoms with E-state index in [9.17, 15) is 0 Å². The quantitative estimate of drug-likeness (QED) is 0.841. The molecule has 88 valence electrons. The molecular weight excluding hydrogens is 196 g/mol. The van der Waals surface area contributed by atoms with Crippen molar-refractivity contribution in [1.82, 2.24) is 0 Å². The lowest BCUT2D eigenvalue weighted by atomic mass is 10.0. The molecule has 2 heteroatoms. The number of para-hydroxylation sites is 1. The maximum absolute atomic E-state index is 5.83. The first-order chi connectivity index (χ1) is 7.77. The molecule has 1 aromatic rings. The monoisotopic (exact) mass is 218 g/mol. The van der Waals surface area contributed by atoms with E-state index < -0.39 is 0 Å². The summed E-state index contributed by atoms with van der Waals surface area (Å²) in [7, 11) is 0. The lowest BCUT2D eigenvalue weighted by Gasteiger charge is -2.21. The lowest BCUT2D eigenvalue weighted by Crippen LogP contribution is -2.20. The van der Waals surface area contributed by atoms with Crippen LogP contribution in [0, 0.1) is 0 Å². The van der Waals surface area contributed by atoms with Gasteiger partial charge < -0.3 is 10.6 Å². The van der Waals surface area contributed by atoms with E-state index in [1.54, 1.807) is 0 Å². The third kappa shape index (κ3) is 2.76. The van der Waals surface area contributed by atoms with Crippen LogP contribution < -0.4 is 10.6 Å². The van der Waals surface area contributed by atoms with Crippen LogP contribution in [0.15, 0.2) is 24.3 Å². The Bertz CT molecular complexity index is 327. The van der Waals surface area contributed by atoms with Crippen LogP contribution in [0.2, 0.25) is 0 Å². The second kappa shape index (κ2) is 5.35. The first-order valence-corrected chi connectivity index (χ1v) is 6.36. The maximum Gasteiger partial charge on any atom is 0.0398 e. The third-order valence-electron chi connectivity index (χ3n) is 3.31. The molecule has 0 unspecified atom stereocenters. The lowest BCUT2D eigenvalue weighted by molar-refractivity contribution is 0.665. The molecule has 0 aromatic heterocycles. The molecule has 0 spiro atoms. The van der Waals surface area contributed by atoms with E-state index in [0.29, 0.717) is 6.04 Å². The van der Waals surface area contributed by atoms with Gasteiger partial charge in [0.15, 0.2) is 0 Å². The summed E-state index contributed by atoms with van der Waals surface area (Å²) < 4.78 is 0. The van der Waals surface area contributed by atoms with E-state index in [0.717, 1.165) is 12.8 Å². The summed E-state index contributed by atoms with van der Waals surface area (Å²) in [6, 6.07) is 9.07. The minimum absolute atomic E-state index is 0.298. The number of aryl methyl sites for hydroxylation is 1. The van der Waals surface area contributed by atoms with Gasteiger partial charge in [0.25, 0.3) is 0 Å². The molecule has 1 aromatic carbocycles. The fraction of sp³-hybridized carbons (Fsp3) is 0.571. The van der Waals surface area contributed by atoms with Gasteiger partial charge in [-0.3, -0.25) is 0 Å². The van der Waals surface area contributed by atoms with Crippen molar-refractivity contribution in [3.8, 4) is 0 Å². The Morgan fingerprint density at radius 1 is 1.25 bits per heavy atom. The van der Waals surface area contributed by atoms with Crippen LogP contribution in [0.4, 0.5) is 5.69 Å². The van der Waals surface area contributed by atoms with Crippen LogP contribution in [0.5, 0.6) is 0 Å². The van der Waals surface area contributed by atoms with Crippen molar-refractivity contribution in [1.29, 1.82) is 0 Å². The Kier molecular flexibility index (Phi) is 3.83. The van der Waals surface area contributed by atoms with Crippen LogP contribution in [0.3, 0.4) is 0 Å². The largest absolute Gasteiger partial charge is 0.371 e. The van der Waals surface area contributed by atoms with Gasteiger partial charge in [0.2, 0.25) is 0 Å². The highest BCUT2D eigenvalue weighted by Gasteiger charge is 2.14. The van der Waals surface area contributed by atoms with Gasteiger partial charge in [0, 0.05) is 24.8 Å². The molecule has 2 nitrogen and oxygen atoms in total. The molecule has 1 aliphatic heterocycles. The zero-order valence-corrected chi connectivity index (χ0v) is 10.2. The Labute approximate surface area is 98.4 Å². The van der Waals surface area contributed by atoms with Crippen molar-refractivity contribution >= 4 is 5.69 Å². The average molecular weight is 218 g/mol. The standard InChI is InChI=1S/C14H22N2/c1-12(15)8-9-13-6-2-3-7-14(13)16-10-4-5-11-16/h2-3,6-7,12H,4-5,8-11,15H2,1H3/t12-/m0/s1. The Morgan fingerprint density at radius 3 is 2.62 bits per heavy atom. The van der Waals surface area contributed by atoms with Gasteiger partial charge in [0.05, 0.1) is 0 Å². The fourth-order valence-corrected chi connectivity index (χ4v) is 2.37. The summed E-state index contributed by atoms with van der Waals surface area (Å²) in [6.45, 7) is 4.52. The van der Waals surface area contributed by atoms with Crippen LogP contribution in [0.25, 0.3) is 0 Å². The number of rotatable bonds is 4. The highest BCUT2D eigenvalue weighted by atomic mass is 15.1. The van der Waals surface area contributed by atoms with Crippen molar-refractivity contribution in [3.63, 3.8) is 0 Å². The minimum atomic E-state index is 0.298. The van der Waals surface area contributed by atoms with E-state index in [4.69, 9.17) is 5.73 Å². The number of benzene rings is 1. The smallest absolute Gasteiger partial charge is 0.0398 e. The Balaban J connectivity index is 2.10. The van der Waals surface area contributed by atoms with Gasteiger partial charge in [-0.15, -0.1) is 0 Å². The zero-order valence-electron chi connectivity index (χ0n) is 10.2. The second-order valence-electron chi connectivity index (χ2n) is 4.84. The van der Waals surface area contributed by atoms with E-state index in [1.807, 2.05) is 0 Å². The number of hydrogen-bond donors (Lipinski definition) is 1. The van der Waals surface area contributed by atoms with E-state index >= 15 is 0 Å². The fourth-order valence-electron chi connectivity index (χ4n) is 2.37. The zero-order chi connectivity index (χ0) is 11.4. The summed E-state index contributed by atoms with van der Waals surface area (Å²) in [5.74, 6) is 0. The van der Waals surface area contributed by atoms with Crippen molar-refractivity contribution in [3.05, 3.63) is 29.8 Å². The predicted octanol–water partition coefficient (Wildman–Crippen LogP) is 2.57. The number of nitrogens with two attached hydrogens (primary N) is 1. The third-order valence-corrected chi connectivity index (χ3v) is 3.31. The molecule has 2 rings (SSSR count). The number of nitrogens with zero attached hydrogens (tertiary/aromatic N) is 1. The Hall–Kier alpha value is -1.02. The van der Waals surface area contributed by atoms with Crippen LogP contribution in [0.1, 0.15) is 31.7 Å². The van der Waals surface area contributed by atoms with E-state index in [2.05, 4.69) is 36.1 Å². The molecule has 1 aliphatic rings. The molecule has 0 amide bonds. The van der Waals surface area contributed by atoms with E-state index in [1.165, 1.54) is 37.2 Å². The summed E-state index contributed by atoms with van der Waals surface area (Å²) in [5.41, 5.74) is 8.72.